The smallest absolute Gasteiger partial charge is 0.356 e. The highest BCUT2D eigenvalue weighted by Gasteiger charge is 2.19. The summed E-state index contributed by atoms with van der Waals surface area (Å²) in [5, 5.41) is 8.90. The molecule has 0 unspecified atom stereocenters. The van der Waals surface area contributed by atoms with Crippen LogP contribution in [0.4, 0.5) is 5.95 Å². The molecule has 1 aliphatic heterocycles. The van der Waals surface area contributed by atoms with Gasteiger partial charge in [-0.15, -0.1) is 0 Å². The first-order valence-corrected chi connectivity index (χ1v) is 5.35. The third-order valence-electron chi connectivity index (χ3n) is 2.61. The minimum Gasteiger partial charge on any atom is -0.476 e. The Morgan fingerprint density at radius 3 is 2.81 bits per heavy atom. The first-order valence-electron chi connectivity index (χ1n) is 5.35. The number of carboxylic acids is 1. The van der Waals surface area contributed by atoms with Gasteiger partial charge in [0.1, 0.15) is 0 Å². The van der Waals surface area contributed by atoms with Crippen LogP contribution < -0.4 is 4.90 Å². The van der Waals surface area contributed by atoms with E-state index < -0.39 is 5.97 Å². The van der Waals surface area contributed by atoms with Gasteiger partial charge < -0.3 is 19.3 Å². The molecule has 0 atom stereocenters. The van der Waals surface area contributed by atoms with Crippen LogP contribution in [0.2, 0.25) is 0 Å². The molecular formula is C10H15N3O3. The molecule has 0 bridgehead atoms. The zero-order valence-electron chi connectivity index (χ0n) is 9.22. The lowest BCUT2D eigenvalue weighted by molar-refractivity contribution is 0.0691. The summed E-state index contributed by atoms with van der Waals surface area (Å²) in [5.74, 6) is -0.259. The lowest BCUT2D eigenvalue weighted by Crippen LogP contribution is -2.37. The molecule has 1 aromatic heterocycles. The lowest BCUT2D eigenvalue weighted by Gasteiger charge is -2.27. The quantitative estimate of drug-likeness (QED) is 0.808. The van der Waals surface area contributed by atoms with Gasteiger partial charge in [0.25, 0.3) is 0 Å². The summed E-state index contributed by atoms with van der Waals surface area (Å²) < 4.78 is 7.11. The van der Waals surface area contributed by atoms with Crippen molar-refractivity contribution in [3.63, 3.8) is 0 Å². The fraction of sp³-hybridized carbons (Fsp3) is 0.600. The van der Waals surface area contributed by atoms with E-state index in [0.29, 0.717) is 19.8 Å². The molecule has 16 heavy (non-hydrogen) atoms. The molecule has 2 rings (SSSR count). The second kappa shape index (κ2) is 4.52. The molecule has 0 saturated carbocycles. The molecule has 0 amide bonds. The first-order chi connectivity index (χ1) is 7.72. The number of imidazole rings is 1. The van der Waals surface area contributed by atoms with Crippen molar-refractivity contribution < 1.29 is 14.6 Å². The number of ether oxygens (including phenoxy) is 1. The van der Waals surface area contributed by atoms with Crippen LogP contribution in [-0.4, -0.2) is 46.9 Å². The fourth-order valence-electron chi connectivity index (χ4n) is 1.76. The van der Waals surface area contributed by atoms with Crippen molar-refractivity contribution in [2.45, 2.75) is 13.5 Å². The molecule has 1 fully saturated rings. The van der Waals surface area contributed by atoms with Gasteiger partial charge in [0.15, 0.2) is 5.69 Å². The number of carbonyl (C=O) groups is 1. The second-order valence-corrected chi connectivity index (χ2v) is 3.62. The average molecular weight is 225 g/mol. The Bertz CT molecular complexity index is 383. The van der Waals surface area contributed by atoms with E-state index in [-0.39, 0.29) is 5.69 Å². The zero-order valence-corrected chi connectivity index (χ0v) is 9.22. The van der Waals surface area contributed by atoms with Gasteiger partial charge in [-0.25, -0.2) is 9.78 Å². The van der Waals surface area contributed by atoms with Crippen molar-refractivity contribution in [3.05, 3.63) is 11.9 Å². The van der Waals surface area contributed by atoms with E-state index in [4.69, 9.17) is 9.84 Å². The number of morpholine rings is 1. The molecule has 0 aromatic carbocycles. The van der Waals surface area contributed by atoms with Gasteiger partial charge in [-0.05, 0) is 6.92 Å². The predicted molar refractivity (Wildman–Crippen MR) is 57.9 cm³/mol. The van der Waals surface area contributed by atoms with E-state index in [9.17, 15) is 4.79 Å². The molecule has 1 N–H and O–H groups in total. The third-order valence-corrected chi connectivity index (χ3v) is 2.61. The minimum atomic E-state index is -0.985. The van der Waals surface area contributed by atoms with Crippen molar-refractivity contribution >= 4 is 11.9 Å². The van der Waals surface area contributed by atoms with Crippen LogP contribution >= 0.6 is 0 Å². The van der Waals surface area contributed by atoms with Crippen LogP contribution in [0.25, 0.3) is 0 Å². The molecule has 0 aliphatic carbocycles. The standard InChI is InChI=1S/C10H15N3O3/c1-2-12-7-8(9(14)15)11-10(12)13-3-5-16-6-4-13/h7H,2-6H2,1H3,(H,14,15). The van der Waals surface area contributed by atoms with E-state index >= 15 is 0 Å². The number of anilines is 1. The SMILES string of the molecule is CCn1cc(C(=O)O)nc1N1CCOCC1. The van der Waals surface area contributed by atoms with Crippen LogP contribution in [0.3, 0.4) is 0 Å². The Balaban J connectivity index is 2.26. The molecule has 1 aromatic rings. The summed E-state index contributed by atoms with van der Waals surface area (Å²) in [6, 6.07) is 0. The van der Waals surface area contributed by atoms with Gasteiger partial charge in [0, 0.05) is 25.8 Å². The molecule has 0 spiro atoms. The number of carboxylic acid groups (broad SMARTS) is 1. The summed E-state index contributed by atoms with van der Waals surface area (Å²) in [7, 11) is 0. The molecule has 1 saturated heterocycles. The molecule has 88 valence electrons. The van der Waals surface area contributed by atoms with Gasteiger partial charge in [0.2, 0.25) is 5.95 Å². The molecule has 2 heterocycles. The number of aromatic nitrogens is 2. The van der Waals surface area contributed by atoms with Gasteiger partial charge in [-0.2, -0.15) is 0 Å². The highest BCUT2D eigenvalue weighted by atomic mass is 16.5. The Morgan fingerprint density at radius 2 is 2.25 bits per heavy atom. The van der Waals surface area contributed by atoms with E-state index in [2.05, 4.69) is 9.88 Å². The first kappa shape index (κ1) is 10.9. The van der Waals surface area contributed by atoms with Gasteiger partial charge in [-0.3, -0.25) is 0 Å². The highest BCUT2D eigenvalue weighted by molar-refractivity contribution is 5.85. The van der Waals surface area contributed by atoms with E-state index in [1.807, 2.05) is 11.5 Å². The largest absolute Gasteiger partial charge is 0.476 e. The number of nitrogens with zero attached hydrogens (tertiary/aromatic N) is 3. The van der Waals surface area contributed by atoms with Crippen molar-refractivity contribution in [3.8, 4) is 0 Å². The van der Waals surface area contributed by atoms with Crippen LogP contribution in [0.15, 0.2) is 6.20 Å². The molecule has 1 aliphatic rings. The topological polar surface area (TPSA) is 67.6 Å². The van der Waals surface area contributed by atoms with Crippen molar-refractivity contribution in [1.29, 1.82) is 0 Å². The maximum absolute atomic E-state index is 10.8. The van der Waals surface area contributed by atoms with E-state index in [0.717, 1.165) is 19.0 Å². The normalized spacial score (nSPS) is 16.4. The summed E-state index contributed by atoms with van der Waals surface area (Å²) in [4.78, 5) is 17.0. The van der Waals surface area contributed by atoms with Gasteiger partial charge in [-0.1, -0.05) is 0 Å². The zero-order chi connectivity index (χ0) is 11.5. The average Bonchev–Trinajstić information content (AvgIpc) is 2.74. The number of aryl methyl sites for hydroxylation is 1. The van der Waals surface area contributed by atoms with Crippen LogP contribution in [0, 0.1) is 0 Å². The van der Waals surface area contributed by atoms with Gasteiger partial charge >= 0.3 is 5.97 Å². The summed E-state index contributed by atoms with van der Waals surface area (Å²) in [5.41, 5.74) is 0.100. The van der Waals surface area contributed by atoms with Crippen LogP contribution in [-0.2, 0) is 11.3 Å². The Kier molecular flexibility index (Phi) is 3.09. The molecule has 0 radical (unpaired) electrons. The third kappa shape index (κ3) is 2.01. The van der Waals surface area contributed by atoms with Crippen molar-refractivity contribution in [1.82, 2.24) is 9.55 Å². The maximum Gasteiger partial charge on any atom is 0.356 e. The second-order valence-electron chi connectivity index (χ2n) is 3.62. The summed E-state index contributed by atoms with van der Waals surface area (Å²) >= 11 is 0. The number of aromatic carboxylic acids is 1. The molecule has 6 heteroatoms. The van der Waals surface area contributed by atoms with E-state index in [1.54, 1.807) is 6.20 Å². The minimum absolute atomic E-state index is 0.100. The number of rotatable bonds is 3. The monoisotopic (exact) mass is 225 g/mol. The van der Waals surface area contributed by atoms with Crippen LogP contribution in [0.5, 0.6) is 0 Å². The molecular weight excluding hydrogens is 210 g/mol. The summed E-state index contributed by atoms with van der Waals surface area (Å²) in [6.07, 6.45) is 1.58. The van der Waals surface area contributed by atoms with Crippen LogP contribution in [0.1, 0.15) is 17.4 Å². The lowest BCUT2D eigenvalue weighted by atomic mass is 10.4. The highest BCUT2D eigenvalue weighted by Crippen LogP contribution is 2.16. The Hall–Kier alpha value is -1.56. The fourth-order valence-corrected chi connectivity index (χ4v) is 1.76. The number of hydrogen-bond donors (Lipinski definition) is 1. The number of hydrogen-bond acceptors (Lipinski definition) is 4. The van der Waals surface area contributed by atoms with E-state index in [1.165, 1.54) is 0 Å². The Morgan fingerprint density at radius 1 is 1.56 bits per heavy atom. The van der Waals surface area contributed by atoms with Gasteiger partial charge in [0.05, 0.1) is 13.2 Å². The maximum atomic E-state index is 10.8. The summed E-state index contributed by atoms with van der Waals surface area (Å²) in [6.45, 7) is 5.54. The van der Waals surface area contributed by atoms with Crippen molar-refractivity contribution in [2.24, 2.45) is 0 Å². The van der Waals surface area contributed by atoms with Crippen molar-refractivity contribution in [2.75, 3.05) is 31.2 Å². The Labute approximate surface area is 93.4 Å². The predicted octanol–water partition coefficient (Wildman–Crippen LogP) is 0.438. The molecule has 6 nitrogen and oxygen atoms in total.